The van der Waals surface area contributed by atoms with Gasteiger partial charge < -0.3 is 5.32 Å². The van der Waals surface area contributed by atoms with Crippen LogP contribution in [0.5, 0.6) is 0 Å². The van der Waals surface area contributed by atoms with E-state index in [2.05, 4.69) is 12.2 Å². The number of amides is 1. The predicted octanol–water partition coefficient (Wildman–Crippen LogP) is 3.35. The summed E-state index contributed by atoms with van der Waals surface area (Å²) in [6.07, 6.45) is 2.13. The Morgan fingerprint density at radius 3 is 2.88 bits per heavy atom. The zero-order chi connectivity index (χ0) is 11.8. The summed E-state index contributed by atoms with van der Waals surface area (Å²) in [6.45, 7) is 2.86. The molecule has 0 heterocycles. The molecule has 1 amide bonds. The minimum Gasteiger partial charge on any atom is -0.355 e. The van der Waals surface area contributed by atoms with Gasteiger partial charge >= 0.3 is 0 Å². The first-order valence-electron chi connectivity index (χ1n) is 5.38. The second-order valence-electron chi connectivity index (χ2n) is 3.42. The molecular formula is C12H16ClNOS. The molecule has 16 heavy (non-hydrogen) atoms. The number of halogens is 1. The third kappa shape index (κ3) is 4.90. The third-order valence-corrected chi connectivity index (χ3v) is 3.56. The molecule has 0 fully saturated rings. The van der Waals surface area contributed by atoms with Crippen molar-refractivity contribution in [3.05, 3.63) is 29.3 Å². The van der Waals surface area contributed by atoms with E-state index in [1.54, 1.807) is 0 Å². The van der Waals surface area contributed by atoms with Crippen molar-refractivity contribution >= 4 is 29.3 Å². The molecule has 88 valence electrons. The second-order valence-corrected chi connectivity index (χ2v) is 4.85. The summed E-state index contributed by atoms with van der Waals surface area (Å²) < 4.78 is 0. The maximum absolute atomic E-state index is 11.4. The lowest BCUT2D eigenvalue weighted by Crippen LogP contribution is -2.25. The third-order valence-electron chi connectivity index (χ3n) is 2.05. The Kier molecular flexibility index (Phi) is 6.34. The van der Waals surface area contributed by atoms with Crippen LogP contribution in [0.15, 0.2) is 29.2 Å². The highest BCUT2D eigenvalue weighted by molar-refractivity contribution is 8.00. The van der Waals surface area contributed by atoms with Gasteiger partial charge in [0.1, 0.15) is 0 Å². The van der Waals surface area contributed by atoms with Gasteiger partial charge in [-0.2, -0.15) is 0 Å². The number of hydrogen-bond donors (Lipinski definition) is 1. The van der Waals surface area contributed by atoms with Crippen LogP contribution < -0.4 is 5.32 Å². The Morgan fingerprint density at radius 2 is 2.19 bits per heavy atom. The van der Waals surface area contributed by atoms with E-state index >= 15 is 0 Å². The number of benzene rings is 1. The van der Waals surface area contributed by atoms with Crippen LogP contribution in [0.25, 0.3) is 0 Å². The molecule has 0 unspecified atom stereocenters. The summed E-state index contributed by atoms with van der Waals surface area (Å²) in [4.78, 5) is 12.4. The molecule has 1 aromatic carbocycles. The Morgan fingerprint density at radius 1 is 1.44 bits per heavy atom. The van der Waals surface area contributed by atoms with Gasteiger partial charge in [-0.1, -0.05) is 37.1 Å². The molecular weight excluding hydrogens is 242 g/mol. The maximum Gasteiger partial charge on any atom is 0.230 e. The van der Waals surface area contributed by atoms with Crippen molar-refractivity contribution < 1.29 is 4.79 Å². The molecule has 1 N–H and O–H groups in total. The van der Waals surface area contributed by atoms with E-state index in [0.717, 1.165) is 24.3 Å². The quantitative estimate of drug-likeness (QED) is 0.626. The zero-order valence-electron chi connectivity index (χ0n) is 9.33. The second kappa shape index (κ2) is 7.58. The van der Waals surface area contributed by atoms with E-state index in [1.165, 1.54) is 11.8 Å². The van der Waals surface area contributed by atoms with Crippen molar-refractivity contribution in [3.63, 3.8) is 0 Å². The van der Waals surface area contributed by atoms with Gasteiger partial charge in [-0.25, -0.2) is 0 Å². The summed E-state index contributed by atoms with van der Waals surface area (Å²) >= 11 is 7.45. The SMILES string of the molecule is CCCCNC(=O)CSc1ccccc1Cl. The lowest BCUT2D eigenvalue weighted by Gasteiger charge is -2.05. The minimum absolute atomic E-state index is 0.0679. The molecule has 0 saturated carbocycles. The summed E-state index contributed by atoms with van der Waals surface area (Å²) in [5.74, 6) is 0.492. The van der Waals surface area contributed by atoms with Gasteiger partial charge in [0.2, 0.25) is 5.91 Å². The van der Waals surface area contributed by atoms with E-state index in [0.29, 0.717) is 10.8 Å². The van der Waals surface area contributed by atoms with Gasteiger partial charge in [0, 0.05) is 11.4 Å². The van der Waals surface area contributed by atoms with E-state index in [9.17, 15) is 4.79 Å². The molecule has 0 saturated heterocycles. The molecule has 1 rings (SSSR count). The van der Waals surface area contributed by atoms with Gasteiger partial charge in [-0.15, -0.1) is 11.8 Å². The van der Waals surface area contributed by atoms with Crippen LogP contribution in [0.4, 0.5) is 0 Å². The lowest BCUT2D eigenvalue weighted by atomic mass is 10.3. The van der Waals surface area contributed by atoms with Gasteiger partial charge in [0.15, 0.2) is 0 Å². The summed E-state index contributed by atoms with van der Waals surface area (Å²) in [6, 6.07) is 7.56. The van der Waals surface area contributed by atoms with Crippen LogP contribution in [0.2, 0.25) is 5.02 Å². The molecule has 0 aliphatic heterocycles. The van der Waals surface area contributed by atoms with Crippen LogP contribution in [0.1, 0.15) is 19.8 Å². The summed E-state index contributed by atoms with van der Waals surface area (Å²) in [7, 11) is 0. The fourth-order valence-electron chi connectivity index (χ4n) is 1.16. The van der Waals surface area contributed by atoms with Crippen LogP contribution >= 0.6 is 23.4 Å². The highest BCUT2D eigenvalue weighted by atomic mass is 35.5. The molecule has 0 aromatic heterocycles. The molecule has 0 atom stereocenters. The highest BCUT2D eigenvalue weighted by Crippen LogP contribution is 2.26. The zero-order valence-corrected chi connectivity index (χ0v) is 10.9. The number of nitrogens with one attached hydrogen (secondary N) is 1. The molecule has 2 nitrogen and oxygen atoms in total. The molecule has 0 bridgehead atoms. The first-order valence-corrected chi connectivity index (χ1v) is 6.74. The Bertz CT molecular complexity index is 344. The van der Waals surface area contributed by atoms with Gasteiger partial charge in [-0.3, -0.25) is 4.79 Å². The van der Waals surface area contributed by atoms with E-state index < -0.39 is 0 Å². The van der Waals surface area contributed by atoms with Gasteiger partial charge in [0.05, 0.1) is 10.8 Å². The number of carbonyl (C=O) groups excluding carboxylic acids is 1. The minimum atomic E-state index is 0.0679. The Labute approximate surface area is 106 Å². The average Bonchev–Trinajstić information content (AvgIpc) is 2.28. The van der Waals surface area contributed by atoms with Crippen molar-refractivity contribution in [2.75, 3.05) is 12.3 Å². The molecule has 4 heteroatoms. The monoisotopic (exact) mass is 257 g/mol. The number of carbonyl (C=O) groups is 1. The van der Waals surface area contributed by atoms with Crippen molar-refractivity contribution in [1.29, 1.82) is 0 Å². The largest absolute Gasteiger partial charge is 0.355 e. The number of hydrogen-bond acceptors (Lipinski definition) is 2. The number of thioether (sulfide) groups is 1. The van der Waals surface area contributed by atoms with Crippen LogP contribution in [-0.2, 0) is 4.79 Å². The van der Waals surface area contributed by atoms with E-state index in [4.69, 9.17) is 11.6 Å². The first kappa shape index (κ1) is 13.4. The van der Waals surface area contributed by atoms with E-state index in [1.807, 2.05) is 24.3 Å². The van der Waals surface area contributed by atoms with Crippen molar-refractivity contribution in [2.45, 2.75) is 24.7 Å². The fourth-order valence-corrected chi connectivity index (χ4v) is 2.23. The van der Waals surface area contributed by atoms with Crippen molar-refractivity contribution in [2.24, 2.45) is 0 Å². The molecule has 0 radical (unpaired) electrons. The average molecular weight is 258 g/mol. The normalized spacial score (nSPS) is 10.1. The van der Waals surface area contributed by atoms with Gasteiger partial charge in [-0.05, 0) is 18.6 Å². The number of unbranched alkanes of at least 4 members (excludes halogenated alkanes) is 1. The van der Waals surface area contributed by atoms with Gasteiger partial charge in [0.25, 0.3) is 0 Å². The maximum atomic E-state index is 11.4. The van der Waals surface area contributed by atoms with Crippen LogP contribution in [0, 0.1) is 0 Å². The Balaban J connectivity index is 2.29. The summed E-state index contributed by atoms with van der Waals surface area (Å²) in [5.41, 5.74) is 0. The van der Waals surface area contributed by atoms with E-state index in [-0.39, 0.29) is 5.91 Å². The van der Waals surface area contributed by atoms with Crippen molar-refractivity contribution in [1.82, 2.24) is 5.32 Å². The lowest BCUT2D eigenvalue weighted by molar-refractivity contribution is -0.118. The highest BCUT2D eigenvalue weighted by Gasteiger charge is 2.04. The Hall–Kier alpha value is -0.670. The topological polar surface area (TPSA) is 29.1 Å². The van der Waals surface area contributed by atoms with Crippen LogP contribution in [-0.4, -0.2) is 18.2 Å². The first-order chi connectivity index (χ1) is 7.74. The molecule has 1 aromatic rings. The molecule has 0 aliphatic carbocycles. The smallest absolute Gasteiger partial charge is 0.230 e. The summed E-state index contributed by atoms with van der Waals surface area (Å²) in [5, 5.41) is 3.57. The predicted molar refractivity (Wildman–Crippen MR) is 70.1 cm³/mol. The standard InChI is InChI=1S/C12H16ClNOS/c1-2-3-8-14-12(15)9-16-11-7-5-4-6-10(11)13/h4-7H,2-3,8-9H2,1H3,(H,14,15). The number of rotatable bonds is 6. The fraction of sp³-hybridized carbons (Fsp3) is 0.417. The van der Waals surface area contributed by atoms with Crippen LogP contribution in [0.3, 0.4) is 0 Å². The van der Waals surface area contributed by atoms with Crippen molar-refractivity contribution in [3.8, 4) is 0 Å². The molecule has 0 aliphatic rings. The molecule has 0 spiro atoms.